The molecule has 2 aliphatic heterocycles. The standard InChI is InChI=1S/C12H22O4.C6H12O3/c1(3-5-13-7-11-9-15-11)2-4-6-14-8-12-10-16-12;1-5(4-9-2)3-6(7)8/h11-12H,1-10H2;5H,3-4H2,1-2H3,(H,7,8). The van der Waals surface area contributed by atoms with Crippen LogP contribution in [0.1, 0.15) is 39.0 Å². The Morgan fingerprint density at radius 2 is 1.52 bits per heavy atom. The average molecular weight is 362 g/mol. The molecule has 2 aliphatic rings. The molecule has 0 aromatic carbocycles. The molecule has 0 saturated carbocycles. The number of hydrogen-bond donors (Lipinski definition) is 1. The van der Waals surface area contributed by atoms with Gasteiger partial charge in [0.25, 0.3) is 0 Å². The Morgan fingerprint density at radius 1 is 1.04 bits per heavy atom. The van der Waals surface area contributed by atoms with Crippen LogP contribution in [0.5, 0.6) is 0 Å². The lowest BCUT2D eigenvalue weighted by Crippen LogP contribution is -2.09. The maximum Gasteiger partial charge on any atom is 0.303 e. The molecule has 1 N–H and O–H groups in total. The highest BCUT2D eigenvalue weighted by Gasteiger charge is 2.22. The predicted molar refractivity (Wildman–Crippen MR) is 92.9 cm³/mol. The van der Waals surface area contributed by atoms with Crippen molar-refractivity contribution in [3.05, 3.63) is 0 Å². The molecule has 2 heterocycles. The second kappa shape index (κ2) is 14.4. The molecular weight excluding hydrogens is 328 g/mol. The smallest absolute Gasteiger partial charge is 0.303 e. The summed E-state index contributed by atoms with van der Waals surface area (Å²) >= 11 is 0. The first-order chi connectivity index (χ1) is 12.1. The molecule has 0 radical (unpaired) electrons. The number of unbranched alkanes of at least 4 members (excludes halogenated alkanes) is 3. The minimum Gasteiger partial charge on any atom is -0.481 e. The van der Waals surface area contributed by atoms with Gasteiger partial charge in [0, 0.05) is 26.9 Å². The molecule has 7 nitrogen and oxygen atoms in total. The third-order valence-corrected chi connectivity index (χ3v) is 3.71. The molecule has 0 bridgehead atoms. The van der Waals surface area contributed by atoms with Crippen LogP contribution in [0.25, 0.3) is 0 Å². The summed E-state index contributed by atoms with van der Waals surface area (Å²) in [5.41, 5.74) is 0. The van der Waals surface area contributed by atoms with E-state index in [1.54, 1.807) is 7.11 Å². The molecule has 3 unspecified atom stereocenters. The van der Waals surface area contributed by atoms with Crippen LogP contribution in [0.15, 0.2) is 0 Å². The number of carboxylic acid groups (broad SMARTS) is 1. The van der Waals surface area contributed by atoms with Gasteiger partial charge in [0.2, 0.25) is 0 Å². The van der Waals surface area contributed by atoms with Crippen molar-refractivity contribution in [3.63, 3.8) is 0 Å². The lowest BCUT2D eigenvalue weighted by atomic mass is 10.1. The van der Waals surface area contributed by atoms with E-state index in [-0.39, 0.29) is 12.3 Å². The van der Waals surface area contributed by atoms with Crippen LogP contribution in [0.4, 0.5) is 0 Å². The third-order valence-electron chi connectivity index (χ3n) is 3.71. The monoisotopic (exact) mass is 362 g/mol. The van der Waals surface area contributed by atoms with Crippen molar-refractivity contribution in [2.24, 2.45) is 5.92 Å². The minimum absolute atomic E-state index is 0.118. The van der Waals surface area contributed by atoms with E-state index < -0.39 is 5.97 Å². The molecule has 0 aromatic rings. The second-order valence-corrected chi connectivity index (χ2v) is 6.63. The van der Waals surface area contributed by atoms with Crippen LogP contribution >= 0.6 is 0 Å². The van der Waals surface area contributed by atoms with Crippen molar-refractivity contribution in [1.82, 2.24) is 0 Å². The lowest BCUT2D eigenvalue weighted by molar-refractivity contribution is -0.138. The van der Waals surface area contributed by atoms with E-state index >= 15 is 0 Å². The Morgan fingerprint density at radius 3 is 1.88 bits per heavy atom. The van der Waals surface area contributed by atoms with Crippen molar-refractivity contribution in [2.45, 2.75) is 51.2 Å². The van der Waals surface area contributed by atoms with Crippen molar-refractivity contribution in [3.8, 4) is 0 Å². The topological polar surface area (TPSA) is 90.0 Å². The number of rotatable bonds is 15. The fourth-order valence-corrected chi connectivity index (χ4v) is 2.16. The normalized spacial score (nSPS) is 22.0. The number of carboxylic acids is 1. The Hall–Kier alpha value is -0.730. The van der Waals surface area contributed by atoms with Gasteiger partial charge in [0.05, 0.1) is 32.8 Å². The van der Waals surface area contributed by atoms with Crippen LogP contribution < -0.4 is 0 Å². The lowest BCUT2D eigenvalue weighted by Gasteiger charge is -2.04. The number of aliphatic carboxylic acids is 1. The third kappa shape index (κ3) is 16.5. The minimum atomic E-state index is -0.764. The number of ether oxygens (including phenoxy) is 5. The summed E-state index contributed by atoms with van der Waals surface area (Å²) in [5.74, 6) is -0.646. The molecule has 0 aromatic heterocycles. The van der Waals surface area contributed by atoms with Gasteiger partial charge in [0.15, 0.2) is 0 Å². The van der Waals surface area contributed by atoms with Gasteiger partial charge < -0.3 is 28.8 Å². The number of methoxy groups -OCH3 is 1. The van der Waals surface area contributed by atoms with Gasteiger partial charge in [-0.05, 0) is 18.8 Å². The van der Waals surface area contributed by atoms with E-state index in [2.05, 4.69) is 0 Å². The quantitative estimate of drug-likeness (QED) is 0.352. The maximum absolute atomic E-state index is 10.0. The van der Waals surface area contributed by atoms with Gasteiger partial charge in [-0.3, -0.25) is 4.79 Å². The highest BCUT2D eigenvalue weighted by molar-refractivity contribution is 5.66. The molecule has 2 rings (SSSR count). The number of hydrogen-bond acceptors (Lipinski definition) is 6. The first-order valence-electron chi connectivity index (χ1n) is 9.21. The molecule has 148 valence electrons. The Bertz CT molecular complexity index is 309. The molecule has 0 amide bonds. The van der Waals surface area contributed by atoms with E-state index in [0.29, 0.717) is 18.8 Å². The van der Waals surface area contributed by atoms with Crippen molar-refractivity contribution in [1.29, 1.82) is 0 Å². The molecule has 2 saturated heterocycles. The average Bonchev–Trinajstić information content (AvgIpc) is 3.44. The van der Waals surface area contributed by atoms with Gasteiger partial charge in [-0.2, -0.15) is 0 Å². The van der Waals surface area contributed by atoms with Gasteiger partial charge in [-0.15, -0.1) is 0 Å². The molecule has 25 heavy (non-hydrogen) atoms. The maximum atomic E-state index is 10.0. The van der Waals surface area contributed by atoms with Crippen LogP contribution in [-0.4, -0.2) is 76.6 Å². The van der Waals surface area contributed by atoms with Gasteiger partial charge in [0.1, 0.15) is 12.2 Å². The highest BCUT2D eigenvalue weighted by Crippen LogP contribution is 2.10. The summed E-state index contributed by atoms with van der Waals surface area (Å²) in [6.07, 6.45) is 5.75. The van der Waals surface area contributed by atoms with Crippen LogP contribution in [0.3, 0.4) is 0 Å². The van der Waals surface area contributed by atoms with Gasteiger partial charge >= 0.3 is 5.97 Å². The van der Waals surface area contributed by atoms with Gasteiger partial charge in [-0.25, -0.2) is 0 Å². The summed E-state index contributed by atoms with van der Waals surface area (Å²) in [7, 11) is 1.57. The first kappa shape index (κ1) is 22.3. The zero-order chi connectivity index (χ0) is 18.3. The molecule has 3 atom stereocenters. The largest absolute Gasteiger partial charge is 0.481 e. The van der Waals surface area contributed by atoms with Crippen LogP contribution in [0, 0.1) is 5.92 Å². The fourth-order valence-electron chi connectivity index (χ4n) is 2.16. The Kier molecular flexibility index (Phi) is 12.9. The summed E-state index contributed by atoms with van der Waals surface area (Å²) in [6, 6.07) is 0. The Labute approximate surface area is 150 Å². The molecule has 0 spiro atoms. The van der Waals surface area contributed by atoms with Gasteiger partial charge in [-0.1, -0.05) is 19.8 Å². The van der Waals surface area contributed by atoms with Crippen molar-refractivity contribution in [2.75, 3.05) is 53.4 Å². The summed E-state index contributed by atoms with van der Waals surface area (Å²) in [6.45, 7) is 7.45. The van der Waals surface area contributed by atoms with E-state index in [1.807, 2.05) is 6.92 Å². The van der Waals surface area contributed by atoms with Crippen molar-refractivity contribution >= 4 is 5.97 Å². The molecule has 7 heteroatoms. The van der Waals surface area contributed by atoms with E-state index in [4.69, 9.17) is 28.8 Å². The number of carbonyl (C=O) groups is 1. The second-order valence-electron chi connectivity index (χ2n) is 6.63. The Balaban J connectivity index is 0.000000299. The number of epoxide rings is 2. The van der Waals surface area contributed by atoms with E-state index in [0.717, 1.165) is 52.5 Å². The summed E-state index contributed by atoms with van der Waals surface area (Å²) in [4.78, 5) is 10.0. The zero-order valence-electron chi connectivity index (χ0n) is 15.6. The summed E-state index contributed by atoms with van der Waals surface area (Å²) < 4.78 is 25.8. The fraction of sp³-hybridized carbons (Fsp3) is 0.944. The van der Waals surface area contributed by atoms with Crippen LogP contribution in [-0.2, 0) is 28.5 Å². The first-order valence-corrected chi connectivity index (χ1v) is 9.21. The predicted octanol–water partition coefficient (Wildman–Crippen LogP) is 2.12. The zero-order valence-corrected chi connectivity index (χ0v) is 15.6. The molecule has 0 aliphatic carbocycles. The van der Waals surface area contributed by atoms with E-state index in [9.17, 15) is 4.79 Å². The highest BCUT2D eigenvalue weighted by atomic mass is 16.6. The van der Waals surface area contributed by atoms with Crippen molar-refractivity contribution < 1.29 is 33.6 Å². The van der Waals surface area contributed by atoms with E-state index in [1.165, 1.54) is 12.8 Å². The molecular formula is C18H34O7. The van der Waals surface area contributed by atoms with Crippen LogP contribution in [0.2, 0.25) is 0 Å². The molecule has 2 fully saturated rings. The SMILES string of the molecule is C(CCCOCC1CO1)CCOCC1CO1.COCC(C)CC(=O)O. The summed E-state index contributed by atoms with van der Waals surface area (Å²) in [5, 5.41) is 8.25.